The van der Waals surface area contributed by atoms with Crippen LogP contribution in [0.4, 0.5) is 0 Å². The van der Waals surface area contributed by atoms with Crippen molar-refractivity contribution in [2.24, 2.45) is 0 Å². The first-order valence-corrected chi connectivity index (χ1v) is 3.87. The van der Waals surface area contributed by atoms with Gasteiger partial charge in [0.2, 0.25) is 0 Å². The van der Waals surface area contributed by atoms with Crippen LogP contribution >= 0.6 is 0 Å². The van der Waals surface area contributed by atoms with Gasteiger partial charge in [0.15, 0.2) is 0 Å². The van der Waals surface area contributed by atoms with Gasteiger partial charge in [0.05, 0.1) is 13.2 Å². The van der Waals surface area contributed by atoms with E-state index in [-0.39, 0.29) is 6.61 Å². The van der Waals surface area contributed by atoms with Gasteiger partial charge in [-0.25, -0.2) is 0 Å². The molecule has 0 aromatic rings. The predicted octanol–water partition coefficient (Wildman–Crippen LogP) is 1.39. The lowest BCUT2D eigenvalue weighted by atomic mass is 10.1. The Bertz CT molecular complexity index is 64.3. The Hall–Kier alpha value is -0.0800. The van der Waals surface area contributed by atoms with Crippen LogP contribution in [0.15, 0.2) is 0 Å². The topological polar surface area (TPSA) is 29.5 Å². The smallest absolute Gasteiger partial charge is 0.0551 e. The van der Waals surface area contributed by atoms with Gasteiger partial charge in [0.25, 0.3) is 0 Å². The van der Waals surface area contributed by atoms with E-state index in [0.29, 0.717) is 6.61 Å². The van der Waals surface area contributed by atoms with Crippen LogP contribution in [0, 0.1) is 5.92 Å². The number of aliphatic hydroxyl groups is 1. The van der Waals surface area contributed by atoms with Crippen LogP contribution in [0.1, 0.15) is 26.7 Å². The normalized spacial score (nSPS) is 10.8. The third-order valence-electron chi connectivity index (χ3n) is 1.34. The summed E-state index contributed by atoms with van der Waals surface area (Å²) in [5.74, 6) is 1.10. The molecule has 0 unspecified atom stereocenters. The second kappa shape index (κ2) is 7.03. The van der Waals surface area contributed by atoms with E-state index >= 15 is 0 Å². The summed E-state index contributed by atoms with van der Waals surface area (Å²) in [5, 5.41) is 8.77. The minimum absolute atomic E-state index is 0.174. The van der Waals surface area contributed by atoms with E-state index in [2.05, 4.69) is 6.92 Å². The molecule has 1 radical (unpaired) electrons. The Balaban J connectivity index is 3.21. The Labute approximate surface area is 63.2 Å². The van der Waals surface area contributed by atoms with Crippen molar-refractivity contribution < 1.29 is 9.84 Å². The molecule has 0 aliphatic heterocycles. The summed E-state index contributed by atoms with van der Waals surface area (Å²) < 4.78 is 5.14. The van der Waals surface area contributed by atoms with Gasteiger partial charge in [0.1, 0.15) is 0 Å². The Morgan fingerprint density at radius 3 is 2.50 bits per heavy atom. The largest absolute Gasteiger partial charge is 0.396 e. The minimum atomic E-state index is 0.174. The second-order valence-electron chi connectivity index (χ2n) is 2.30. The second-order valence-corrected chi connectivity index (χ2v) is 2.30. The number of rotatable bonds is 6. The number of hydrogen-bond donors (Lipinski definition) is 1. The highest BCUT2D eigenvalue weighted by molar-refractivity contribution is 4.87. The van der Waals surface area contributed by atoms with Crippen LogP contribution in [0.25, 0.3) is 0 Å². The molecule has 0 fully saturated rings. The van der Waals surface area contributed by atoms with Crippen molar-refractivity contribution in [2.45, 2.75) is 26.7 Å². The van der Waals surface area contributed by atoms with Crippen LogP contribution in [0.5, 0.6) is 0 Å². The monoisotopic (exact) mass is 145 g/mol. The summed E-state index contributed by atoms with van der Waals surface area (Å²) in [5.41, 5.74) is 0. The van der Waals surface area contributed by atoms with Crippen molar-refractivity contribution in [1.29, 1.82) is 0 Å². The molecule has 0 saturated heterocycles. The van der Waals surface area contributed by atoms with Gasteiger partial charge in [-0.05, 0) is 13.3 Å². The molecule has 0 amide bonds. The molecule has 0 aliphatic carbocycles. The molecule has 0 bridgehead atoms. The van der Waals surface area contributed by atoms with Crippen molar-refractivity contribution in [3.05, 3.63) is 5.92 Å². The summed E-state index contributed by atoms with van der Waals surface area (Å²) in [6, 6.07) is 0. The van der Waals surface area contributed by atoms with Crippen molar-refractivity contribution in [2.75, 3.05) is 19.8 Å². The predicted molar refractivity (Wildman–Crippen MR) is 41.7 cm³/mol. The Morgan fingerprint density at radius 1 is 1.40 bits per heavy atom. The van der Waals surface area contributed by atoms with E-state index in [0.717, 1.165) is 25.4 Å². The van der Waals surface area contributed by atoms with E-state index in [1.807, 2.05) is 6.92 Å². The lowest BCUT2D eigenvalue weighted by molar-refractivity contribution is 0.137. The number of ether oxygens (including phenoxy) is 1. The van der Waals surface area contributed by atoms with E-state index in [1.54, 1.807) is 0 Å². The zero-order valence-electron chi connectivity index (χ0n) is 6.89. The van der Waals surface area contributed by atoms with Crippen molar-refractivity contribution in [3.8, 4) is 0 Å². The Morgan fingerprint density at radius 2 is 2.10 bits per heavy atom. The molecule has 0 heterocycles. The fourth-order valence-corrected chi connectivity index (χ4v) is 0.797. The summed E-state index contributed by atoms with van der Waals surface area (Å²) in [6.07, 6.45) is 2.07. The van der Waals surface area contributed by atoms with Crippen LogP contribution in [-0.2, 0) is 4.74 Å². The quantitative estimate of drug-likeness (QED) is 0.612. The summed E-state index contributed by atoms with van der Waals surface area (Å²) in [6.45, 7) is 5.59. The first-order chi connectivity index (χ1) is 4.85. The summed E-state index contributed by atoms with van der Waals surface area (Å²) in [7, 11) is 0. The van der Waals surface area contributed by atoms with Crippen LogP contribution in [-0.4, -0.2) is 24.9 Å². The molecule has 0 spiro atoms. The summed E-state index contributed by atoms with van der Waals surface area (Å²) in [4.78, 5) is 0. The minimum Gasteiger partial charge on any atom is -0.396 e. The highest BCUT2D eigenvalue weighted by Gasteiger charge is 2.05. The highest BCUT2D eigenvalue weighted by atomic mass is 16.5. The molecule has 61 valence electrons. The molecule has 0 aromatic heterocycles. The molecule has 2 heteroatoms. The fraction of sp³-hybridized carbons (Fsp3) is 0.875. The van der Waals surface area contributed by atoms with Crippen molar-refractivity contribution in [1.82, 2.24) is 0 Å². The lowest BCUT2D eigenvalue weighted by Gasteiger charge is -2.10. The maximum atomic E-state index is 8.77. The molecule has 1 N–H and O–H groups in total. The van der Waals surface area contributed by atoms with Gasteiger partial charge >= 0.3 is 0 Å². The van der Waals surface area contributed by atoms with Gasteiger partial charge < -0.3 is 9.84 Å². The van der Waals surface area contributed by atoms with Gasteiger partial charge in [-0.2, -0.15) is 0 Å². The third kappa shape index (κ3) is 4.77. The Kier molecular flexibility index (Phi) is 6.98. The standard InChI is InChI=1S/C8H17O2/c1-3-5-8(6-9)7-10-4-2/h9H,3-7H2,1-2H3. The lowest BCUT2D eigenvalue weighted by Crippen LogP contribution is -2.11. The molecular weight excluding hydrogens is 128 g/mol. The van der Waals surface area contributed by atoms with E-state index in [4.69, 9.17) is 9.84 Å². The SMILES string of the molecule is CCC[C](CO)COCC. The number of aliphatic hydroxyl groups excluding tert-OH is 1. The van der Waals surface area contributed by atoms with Gasteiger partial charge in [-0.15, -0.1) is 0 Å². The van der Waals surface area contributed by atoms with Crippen molar-refractivity contribution in [3.63, 3.8) is 0 Å². The highest BCUT2D eigenvalue weighted by Crippen LogP contribution is 2.07. The number of hydrogen-bond acceptors (Lipinski definition) is 2. The molecular formula is C8H17O2. The third-order valence-corrected chi connectivity index (χ3v) is 1.34. The van der Waals surface area contributed by atoms with E-state index in [1.165, 1.54) is 0 Å². The molecule has 0 saturated carbocycles. The molecule has 0 aromatic carbocycles. The van der Waals surface area contributed by atoms with Gasteiger partial charge in [-0.1, -0.05) is 13.3 Å². The van der Waals surface area contributed by atoms with E-state index < -0.39 is 0 Å². The molecule has 0 rings (SSSR count). The maximum absolute atomic E-state index is 8.77. The average molecular weight is 145 g/mol. The molecule has 0 atom stereocenters. The van der Waals surface area contributed by atoms with Gasteiger partial charge in [0, 0.05) is 12.5 Å². The van der Waals surface area contributed by atoms with Crippen molar-refractivity contribution >= 4 is 0 Å². The van der Waals surface area contributed by atoms with Crippen LogP contribution < -0.4 is 0 Å². The first-order valence-electron chi connectivity index (χ1n) is 3.87. The van der Waals surface area contributed by atoms with Crippen LogP contribution in [0.2, 0.25) is 0 Å². The molecule has 10 heavy (non-hydrogen) atoms. The zero-order chi connectivity index (χ0) is 7.82. The zero-order valence-corrected chi connectivity index (χ0v) is 6.89. The average Bonchev–Trinajstić information content (AvgIpc) is 1.98. The van der Waals surface area contributed by atoms with Gasteiger partial charge in [-0.3, -0.25) is 0 Å². The maximum Gasteiger partial charge on any atom is 0.0551 e. The first kappa shape index (κ1) is 9.92. The summed E-state index contributed by atoms with van der Waals surface area (Å²) >= 11 is 0. The fourth-order valence-electron chi connectivity index (χ4n) is 0.797. The molecule has 0 aliphatic rings. The molecule has 2 nitrogen and oxygen atoms in total. The van der Waals surface area contributed by atoms with E-state index in [9.17, 15) is 0 Å². The van der Waals surface area contributed by atoms with Crippen LogP contribution in [0.3, 0.4) is 0 Å².